The number of ether oxygens (including phenoxy) is 1. The zero-order chi connectivity index (χ0) is 18.8. The Morgan fingerprint density at radius 1 is 1.04 bits per heavy atom. The molecule has 2 aromatic carbocycles. The van der Waals surface area contributed by atoms with Crippen molar-refractivity contribution in [1.82, 2.24) is 15.1 Å². The summed E-state index contributed by atoms with van der Waals surface area (Å²) in [7, 11) is 3.59. The number of methoxy groups -OCH3 is 1. The lowest BCUT2D eigenvalue weighted by atomic mass is 10.0. The second-order valence-electron chi connectivity index (χ2n) is 7.07. The van der Waals surface area contributed by atoms with E-state index in [1.807, 2.05) is 60.5 Å². The SMILES string of the molecule is COc1ccc(-c2nnc(N[C@@H]3C[C@@H](F)CN(C)C3)c3ccccc23)cc1. The second-order valence-corrected chi connectivity index (χ2v) is 7.07. The van der Waals surface area contributed by atoms with E-state index in [-0.39, 0.29) is 6.04 Å². The highest BCUT2D eigenvalue weighted by atomic mass is 19.1. The molecule has 0 spiro atoms. The first kappa shape index (κ1) is 17.7. The third-order valence-corrected chi connectivity index (χ3v) is 4.97. The van der Waals surface area contributed by atoms with Crippen LogP contribution in [0.15, 0.2) is 48.5 Å². The van der Waals surface area contributed by atoms with Crippen LogP contribution in [0.2, 0.25) is 0 Å². The van der Waals surface area contributed by atoms with Gasteiger partial charge in [0.05, 0.1) is 7.11 Å². The smallest absolute Gasteiger partial charge is 0.156 e. The molecule has 1 fully saturated rings. The number of nitrogens with one attached hydrogen (secondary N) is 1. The Morgan fingerprint density at radius 3 is 2.48 bits per heavy atom. The van der Waals surface area contributed by atoms with Gasteiger partial charge >= 0.3 is 0 Å². The number of fused-ring (bicyclic) bond motifs is 1. The first-order valence-corrected chi connectivity index (χ1v) is 9.13. The lowest BCUT2D eigenvalue weighted by Gasteiger charge is -2.32. The Kier molecular flexibility index (Phi) is 4.90. The number of alkyl halides is 1. The predicted molar refractivity (Wildman–Crippen MR) is 106 cm³/mol. The summed E-state index contributed by atoms with van der Waals surface area (Å²) in [5.74, 6) is 1.51. The van der Waals surface area contributed by atoms with Gasteiger partial charge in [0.15, 0.2) is 5.82 Å². The molecule has 27 heavy (non-hydrogen) atoms. The first-order chi connectivity index (χ1) is 13.1. The van der Waals surface area contributed by atoms with Gasteiger partial charge in [0.25, 0.3) is 0 Å². The van der Waals surface area contributed by atoms with Crippen molar-refractivity contribution in [3.63, 3.8) is 0 Å². The molecule has 3 aromatic rings. The molecule has 6 heteroatoms. The van der Waals surface area contributed by atoms with Crippen LogP contribution in [0.25, 0.3) is 22.0 Å². The average molecular weight is 366 g/mol. The number of piperidine rings is 1. The molecule has 0 amide bonds. The predicted octanol–water partition coefficient (Wildman–Crippen LogP) is 3.76. The van der Waals surface area contributed by atoms with E-state index in [0.717, 1.165) is 34.3 Å². The maximum absolute atomic E-state index is 13.9. The van der Waals surface area contributed by atoms with Gasteiger partial charge in [0.1, 0.15) is 17.6 Å². The minimum atomic E-state index is -0.820. The Bertz CT molecular complexity index is 921. The number of benzene rings is 2. The quantitative estimate of drug-likeness (QED) is 0.762. The number of halogens is 1. The number of anilines is 1. The third-order valence-electron chi connectivity index (χ3n) is 4.97. The molecule has 1 saturated heterocycles. The van der Waals surface area contributed by atoms with Crippen LogP contribution in [0.4, 0.5) is 10.2 Å². The van der Waals surface area contributed by atoms with Crippen molar-refractivity contribution in [3.8, 4) is 17.0 Å². The Balaban J connectivity index is 1.69. The molecule has 0 radical (unpaired) electrons. The van der Waals surface area contributed by atoms with Crippen molar-refractivity contribution >= 4 is 16.6 Å². The molecule has 1 aromatic heterocycles. The fourth-order valence-corrected chi connectivity index (χ4v) is 3.72. The molecular formula is C21H23FN4O. The van der Waals surface area contributed by atoms with Gasteiger partial charge in [0, 0.05) is 41.9 Å². The zero-order valence-corrected chi connectivity index (χ0v) is 15.5. The lowest BCUT2D eigenvalue weighted by molar-refractivity contribution is 0.153. The van der Waals surface area contributed by atoms with Crippen molar-refractivity contribution in [1.29, 1.82) is 0 Å². The number of likely N-dealkylation sites (N-methyl/N-ethyl adjacent to an activating group) is 1. The molecule has 0 aliphatic carbocycles. The van der Waals surface area contributed by atoms with E-state index >= 15 is 0 Å². The minimum absolute atomic E-state index is 0.0169. The molecule has 2 heterocycles. The van der Waals surface area contributed by atoms with Gasteiger partial charge in [-0.15, -0.1) is 10.2 Å². The summed E-state index contributed by atoms with van der Waals surface area (Å²) >= 11 is 0. The van der Waals surface area contributed by atoms with Crippen molar-refractivity contribution in [2.75, 3.05) is 32.6 Å². The zero-order valence-electron chi connectivity index (χ0n) is 15.5. The highest BCUT2D eigenvalue weighted by molar-refractivity contribution is 6.00. The normalized spacial score (nSPS) is 20.6. The molecule has 1 N–H and O–H groups in total. The lowest BCUT2D eigenvalue weighted by Crippen LogP contribution is -2.45. The maximum Gasteiger partial charge on any atom is 0.156 e. The van der Waals surface area contributed by atoms with E-state index in [4.69, 9.17) is 4.74 Å². The average Bonchev–Trinajstić information content (AvgIpc) is 2.68. The second kappa shape index (κ2) is 7.48. The number of hydrogen-bond donors (Lipinski definition) is 1. The standard InChI is InChI=1S/C21H23FN4O/c1-26-12-15(22)11-16(13-26)23-21-19-6-4-3-5-18(19)20(24-25-21)14-7-9-17(27-2)10-8-14/h3-10,15-16H,11-13H2,1-2H3,(H,23,25)/t15-,16-/m1/s1. The Labute approximate surface area is 158 Å². The van der Waals surface area contributed by atoms with Gasteiger partial charge < -0.3 is 15.0 Å². The van der Waals surface area contributed by atoms with Crippen molar-refractivity contribution in [3.05, 3.63) is 48.5 Å². The van der Waals surface area contributed by atoms with Crippen LogP contribution < -0.4 is 10.1 Å². The fraction of sp³-hybridized carbons (Fsp3) is 0.333. The molecule has 5 nitrogen and oxygen atoms in total. The van der Waals surface area contributed by atoms with Gasteiger partial charge in [-0.3, -0.25) is 0 Å². The number of aromatic nitrogens is 2. The maximum atomic E-state index is 13.9. The highest BCUT2D eigenvalue weighted by Gasteiger charge is 2.25. The summed E-state index contributed by atoms with van der Waals surface area (Å²) in [6.07, 6.45) is -0.334. The van der Waals surface area contributed by atoms with Crippen LogP contribution >= 0.6 is 0 Å². The number of rotatable bonds is 4. The number of likely N-dealkylation sites (tertiary alicyclic amines) is 1. The summed E-state index contributed by atoms with van der Waals surface area (Å²) in [6, 6.07) is 15.8. The number of hydrogen-bond acceptors (Lipinski definition) is 5. The van der Waals surface area contributed by atoms with E-state index in [1.165, 1.54) is 0 Å². The van der Waals surface area contributed by atoms with Crippen LogP contribution in [0.1, 0.15) is 6.42 Å². The molecule has 0 bridgehead atoms. The topological polar surface area (TPSA) is 50.3 Å². The summed E-state index contributed by atoms with van der Waals surface area (Å²) in [5.41, 5.74) is 1.80. The fourth-order valence-electron chi connectivity index (χ4n) is 3.72. The van der Waals surface area contributed by atoms with E-state index in [1.54, 1.807) is 7.11 Å². The Hall–Kier alpha value is -2.73. The summed E-state index contributed by atoms with van der Waals surface area (Å²) in [5, 5.41) is 14.3. The van der Waals surface area contributed by atoms with Crippen LogP contribution in [0.5, 0.6) is 5.75 Å². The molecule has 140 valence electrons. The van der Waals surface area contributed by atoms with Crippen molar-refractivity contribution in [2.45, 2.75) is 18.6 Å². The largest absolute Gasteiger partial charge is 0.497 e. The molecule has 4 rings (SSSR count). The molecule has 1 aliphatic heterocycles. The minimum Gasteiger partial charge on any atom is -0.497 e. The third kappa shape index (κ3) is 3.71. The van der Waals surface area contributed by atoms with E-state index in [2.05, 4.69) is 15.5 Å². The summed E-state index contributed by atoms with van der Waals surface area (Å²) in [6.45, 7) is 1.28. The number of nitrogens with zero attached hydrogens (tertiary/aromatic N) is 3. The molecular weight excluding hydrogens is 343 g/mol. The highest BCUT2D eigenvalue weighted by Crippen LogP contribution is 2.31. The Morgan fingerprint density at radius 2 is 1.78 bits per heavy atom. The van der Waals surface area contributed by atoms with Crippen LogP contribution in [0, 0.1) is 0 Å². The monoisotopic (exact) mass is 366 g/mol. The van der Waals surface area contributed by atoms with Crippen molar-refractivity contribution in [2.24, 2.45) is 0 Å². The van der Waals surface area contributed by atoms with E-state index in [0.29, 0.717) is 18.8 Å². The van der Waals surface area contributed by atoms with Gasteiger partial charge in [0.2, 0.25) is 0 Å². The van der Waals surface area contributed by atoms with Gasteiger partial charge in [-0.2, -0.15) is 0 Å². The summed E-state index contributed by atoms with van der Waals surface area (Å²) < 4.78 is 19.2. The van der Waals surface area contributed by atoms with Gasteiger partial charge in [-0.1, -0.05) is 24.3 Å². The molecule has 0 saturated carbocycles. The van der Waals surface area contributed by atoms with E-state index < -0.39 is 6.17 Å². The molecule has 2 atom stereocenters. The van der Waals surface area contributed by atoms with E-state index in [9.17, 15) is 4.39 Å². The van der Waals surface area contributed by atoms with Gasteiger partial charge in [-0.05, 0) is 31.3 Å². The summed E-state index contributed by atoms with van der Waals surface area (Å²) in [4.78, 5) is 2.01. The van der Waals surface area contributed by atoms with Gasteiger partial charge in [-0.25, -0.2) is 4.39 Å². The molecule has 0 unspecified atom stereocenters. The van der Waals surface area contributed by atoms with Crippen LogP contribution in [-0.4, -0.2) is 54.6 Å². The van der Waals surface area contributed by atoms with Crippen LogP contribution in [-0.2, 0) is 0 Å². The van der Waals surface area contributed by atoms with Crippen molar-refractivity contribution < 1.29 is 9.13 Å². The first-order valence-electron chi connectivity index (χ1n) is 9.13. The molecule has 1 aliphatic rings. The van der Waals surface area contributed by atoms with Crippen LogP contribution in [0.3, 0.4) is 0 Å².